The van der Waals surface area contributed by atoms with Crippen molar-refractivity contribution in [2.75, 3.05) is 0 Å². The van der Waals surface area contributed by atoms with E-state index in [2.05, 4.69) is 0 Å². The van der Waals surface area contributed by atoms with Gasteiger partial charge in [0, 0.05) is 6.08 Å². The highest BCUT2D eigenvalue weighted by atomic mass is 127. The van der Waals surface area contributed by atoms with E-state index in [4.69, 9.17) is 11.6 Å². The maximum atomic E-state index is 12.3. The predicted octanol–water partition coefficient (Wildman–Crippen LogP) is 3.30. The summed E-state index contributed by atoms with van der Waals surface area (Å²) in [5, 5.41) is 0. The lowest BCUT2D eigenvalue weighted by Crippen LogP contribution is -1.88. The van der Waals surface area contributed by atoms with Crippen molar-refractivity contribution >= 4 is 35.3 Å². The van der Waals surface area contributed by atoms with Crippen LogP contribution >= 0.6 is 32.3 Å². The molecule has 0 aromatic rings. The molecule has 0 aromatic heterocycles. The first-order valence-corrected chi connectivity index (χ1v) is 4.75. The Labute approximate surface area is 70.1 Å². The molecule has 1 rings (SSSR count). The average Bonchev–Trinajstić information content (AvgIpc) is 1.84. The van der Waals surface area contributed by atoms with Crippen molar-refractivity contribution in [1.29, 1.82) is 0 Å². The van der Waals surface area contributed by atoms with E-state index in [1.54, 1.807) is 0 Å². The molecule has 0 saturated heterocycles. The molecule has 1 aliphatic heterocycles. The largest absolute Gasteiger partial charge is 0.205 e. The molecule has 1 aliphatic rings. The van der Waals surface area contributed by atoms with Crippen LogP contribution in [-0.4, -0.2) is 2.97 Å². The Bertz CT molecular complexity index is 228. The molecule has 0 bridgehead atoms. The quantitative estimate of drug-likeness (QED) is 0.597. The molecule has 0 atom stereocenters. The normalized spacial score (nSPS) is 19.6. The molecule has 56 valence electrons. The second-order valence-electron chi connectivity index (χ2n) is 1.46. The van der Waals surface area contributed by atoms with E-state index in [0.29, 0.717) is 6.08 Å². The van der Waals surface area contributed by atoms with E-state index < -0.39 is 36.2 Å². The Morgan fingerprint density at radius 3 is 2.40 bits per heavy atom. The zero-order chi connectivity index (χ0) is 7.72. The summed E-state index contributed by atoms with van der Waals surface area (Å²) in [6.45, 7) is 0. The number of halogens is 5. The minimum Gasteiger partial charge on any atom is -0.205 e. The van der Waals surface area contributed by atoms with Crippen LogP contribution in [0.4, 0.5) is 13.2 Å². The van der Waals surface area contributed by atoms with Gasteiger partial charge in [0.1, 0.15) is 2.97 Å². The van der Waals surface area contributed by atoms with E-state index in [1.807, 2.05) is 0 Å². The highest BCUT2D eigenvalue weighted by molar-refractivity contribution is 14.2. The first-order chi connectivity index (χ1) is 4.61. The van der Waals surface area contributed by atoms with Gasteiger partial charge < -0.3 is 0 Å². The van der Waals surface area contributed by atoms with Gasteiger partial charge in [-0.3, -0.25) is 0 Å². The van der Waals surface area contributed by atoms with Crippen molar-refractivity contribution < 1.29 is 13.2 Å². The van der Waals surface area contributed by atoms with Gasteiger partial charge in [0.2, 0.25) is 0 Å². The molecule has 0 fully saturated rings. The van der Waals surface area contributed by atoms with Crippen molar-refractivity contribution in [2.24, 2.45) is 0 Å². The van der Waals surface area contributed by atoms with Gasteiger partial charge in [0.25, 0.3) is 0 Å². The van der Waals surface area contributed by atoms with Crippen LogP contribution in [0.25, 0.3) is 0 Å². The van der Waals surface area contributed by atoms with E-state index in [-0.39, 0.29) is 2.97 Å². The molecule has 0 radical (unpaired) electrons. The van der Waals surface area contributed by atoms with Crippen molar-refractivity contribution in [3.05, 3.63) is 21.6 Å². The minimum atomic E-state index is -1.41. The summed E-state index contributed by atoms with van der Waals surface area (Å²) in [7, 11) is 0. The van der Waals surface area contributed by atoms with E-state index >= 15 is 0 Å². The van der Waals surface area contributed by atoms with Gasteiger partial charge in [-0.1, -0.05) is 11.6 Å². The Hall–Kier alpha value is 0.160. The van der Waals surface area contributed by atoms with Gasteiger partial charge in [-0.25, -0.2) is 8.78 Å². The van der Waals surface area contributed by atoms with Gasteiger partial charge in [0.05, 0.1) is 0 Å². The molecule has 0 spiro atoms. The number of hydrogen-bond donors (Lipinski definition) is 0. The van der Waals surface area contributed by atoms with Gasteiger partial charge in [0.15, 0.2) is 15.5 Å². The van der Waals surface area contributed by atoms with Crippen LogP contribution < -0.4 is 0 Å². The fraction of sp³-hybridized carbons (Fsp3) is 0. The molecule has 0 nitrogen and oxygen atoms in total. The maximum absolute atomic E-state index is 12.3. The first-order valence-electron chi connectivity index (χ1n) is 2.21. The lowest BCUT2D eigenvalue weighted by molar-refractivity contribution is 0.590. The Kier molecular flexibility index (Phi) is 2.51. The van der Waals surface area contributed by atoms with E-state index in [1.165, 1.54) is 0 Å². The highest BCUT2D eigenvalue weighted by Crippen LogP contribution is 2.32. The molecular formula is C5HClF3I. The van der Waals surface area contributed by atoms with Crippen LogP contribution in [0.15, 0.2) is 21.6 Å². The van der Waals surface area contributed by atoms with E-state index in [0.717, 1.165) is 0 Å². The van der Waals surface area contributed by atoms with Gasteiger partial charge in [-0.2, -0.15) is 4.39 Å². The van der Waals surface area contributed by atoms with Crippen molar-refractivity contribution in [3.63, 3.8) is 0 Å². The van der Waals surface area contributed by atoms with E-state index in [9.17, 15) is 13.2 Å². The molecule has 0 aromatic carbocycles. The Morgan fingerprint density at radius 2 is 1.90 bits per heavy atom. The molecule has 0 aliphatic carbocycles. The highest BCUT2D eigenvalue weighted by Gasteiger charge is 2.13. The van der Waals surface area contributed by atoms with Crippen molar-refractivity contribution in [2.45, 2.75) is 0 Å². The third-order valence-electron chi connectivity index (χ3n) is 0.780. The standard InChI is InChI=1S/C5HClF3I/c6-4-2(7)1-3(8)5(9)10-4/h1H. The number of allylic oxidation sites excluding steroid dienone is 3. The van der Waals surface area contributed by atoms with Crippen LogP contribution in [0.1, 0.15) is 0 Å². The number of hydrogen-bond acceptors (Lipinski definition) is 0. The van der Waals surface area contributed by atoms with Crippen LogP contribution in [0.5, 0.6) is 0 Å². The molecule has 0 saturated carbocycles. The van der Waals surface area contributed by atoms with Crippen molar-refractivity contribution in [1.82, 2.24) is 0 Å². The second-order valence-corrected chi connectivity index (χ2v) is 5.04. The molecule has 0 N–H and O–H groups in total. The molecule has 10 heavy (non-hydrogen) atoms. The van der Waals surface area contributed by atoms with Gasteiger partial charge in [-0.05, 0) is 20.7 Å². The summed E-state index contributed by atoms with van der Waals surface area (Å²) in [4.78, 5) is 0. The summed E-state index contributed by atoms with van der Waals surface area (Å²) >= 11 is 3.79. The van der Waals surface area contributed by atoms with Gasteiger partial charge >= 0.3 is 0 Å². The first kappa shape index (κ1) is 8.26. The third kappa shape index (κ3) is 1.60. The Morgan fingerprint density at radius 1 is 1.30 bits per heavy atom. The predicted molar refractivity (Wildman–Crippen MR) is 43.3 cm³/mol. The zero-order valence-electron chi connectivity index (χ0n) is 4.47. The lowest BCUT2D eigenvalue weighted by Gasteiger charge is -1.99. The molecule has 0 unspecified atom stereocenters. The van der Waals surface area contributed by atoms with Crippen LogP contribution in [0.2, 0.25) is 0 Å². The maximum Gasteiger partial charge on any atom is 0.192 e. The second kappa shape index (κ2) is 3.04. The molecule has 1 heterocycles. The molecular weight excluding hydrogens is 279 g/mol. The minimum absolute atomic E-state index is 0.183. The van der Waals surface area contributed by atoms with Crippen LogP contribution in [-0.2, 0) is 0 Å². The fourth-order valence-electron chi connectivity index (χ4n) is 0.383. The fourth-order valence-corrected chi connectivity index (χ4v) is 2.10. The van der Waals surface area contributed by atoms with Crippen molar-refractivity contribution in [3.8, 4) is 0 Å². The average molecular weight is 280 g/mol. The van der Waals surface area contributed by atoms with Gasteiger partial charge in [-0.15, -0.1) is 0 Å². The number of rotatable bonds is 0. The SMILES string of the molecule is FC1=CC(F)=C(F)I=C1Cl. The zero-order valence-corrected chi connectivity index (χ0v) is 7.38. The molecule has 5 heteroatoms. The monoisotopic (exact) mass is 280 g/mol. The summed E-state index contributed by atoms with van der Waals surface area (Å²) in [6, 6.07) is 0. The lowest BCUT2D eigenvalue weighted by atomic mass is 10.5. The van der Waals surface area contributed by atoms with Crippen LogP contribution in [0, 0.1) is 0 Å². The summed E-state index contributed by atoms with van der Waals surface area (Å²) in [5.41, 5.74) is 0. The smallest absolute Gasteiger partial charge is 0.192 e. The molecule has 0 amide bonds. The summed E-state index contributed by atoms with van der Waals surface area (Å²) in [6.07, 6.45) is 0.459. The Balaban J connectivity index is 3.11. The topological polar surface area (TPSA) is 0 Å². The summed E-state index contributed by atoms with van der Waals surface area (Å²) in [5.74, 6) is -1.98. The summed E-state index contributed by atoms with van der Waals surface area (Å²) < 4.78 is 35.6. The third-order valence-corrected chi connectivity index (χ3v) is 3.42. The van der Waals surface area contributed by atoms with Crippen LogP contribution in [0.3, 0.4) is 0 Å².